The van der Waals surface area contributed by atoms with E-state index in [1.165, 1.54) is 5.56 Å². The van der Waals surface area contributed by atoms with Gasteiger partial charge < -0.3 is 9.80 Å². The normalized spacial score (nSPS) is 17.9. The minimum atomic E-state index is -0.131. The molecule has 2 aliphatic rings. The number of hydrogen-bond donors (Lipinski definition) is 0. The number of rotatable bonds is 2. The number of benzene rings is 2. The third-order valence-corrected chi connectivity index (χ3v) is 7.39. The Hall–Kier alpha value is -3.43. The molecule has 1 aromatic heterocycles. The van der Waals surface area contributed by atoms with Gasteiger partial charge >= 0.3 is 0 Å². The van der Waals surface area contributed by atoms with E-state index in [1.54, 1.807) is 11.3 Å². The second kappa shape index (κ2) is 9.21. The summed E-state index contributed by atoms with van der Waals surface area (Å²) in [5.74, 6) is 5.81. The Morgan fingerprint density at radius 1 is 1.03 bits per heavy atom. The van der Waals surface area contributed by atoms with E-state index in [1.807, 2.05) is 63.7 Å². The molecule has 1 unspecified atom stereocenters. The van der Waals surface area contributed by atoms with Crippen LogP contribution in [0.4, 0.5) is 5.69 Å². The molecule has 3 aromatic rings. The van der Waals surface area contributed by atoms with Crippen molar-refractivity contribution in [3.05, 3.63) is 81.8 Å². The lowest BCUT2D eigenvalue weighted by molar-refractivity contribution is -0.126. The Kier molecular flexibility index (Phi) is 5.97. The number of likely N-dealkylation sites (tertiary alicyclic amines) is 1. The van der Waals surface area contributed by atoms with Gasteiger partial charge in [0.05, 0.1) is 5.01 Å². The summed E-state index contributed by atoms with van der Waals surface area (Å²) in [4.78, 5) is 34.1. The number of thiazole rings is 1. The number of aromatic nitrogens is 1. The molecular weight excluding hydrogens is 430 g/mol. The van der Waals surface area contributed by atoms with E-state index < -0.39 is 0 Å². The second-order valence-corrected chi connectivity index (χ2v) is 9.50. The van der Waals surface area contributed by atoms with Crippen LogP contribution in [0.15, 0.2) is 60.0 Å². The fourth-order valence-electron chi connectivity index (χ4n) is 4.63. The summed E-state index contributed by atoms with van der Waals surface area (Å²) in [5.41, 5.74) is 3.57. The van der Waals surface area contributed by atoms with Crippen molar-refractivity contribution in [1.82, 2.24) is 9.88 Å². The molecule has 0 radical (unpaired) electrons. The predicted octanol–water partition coefficient (Wildman–Crippen LogP) is 4.49. The summed E-state index contributed by atoms with van der Waals surface area (Å²) in [6, 6.07) is 17.8. The van der Waals surface area contributed by atoms with Crippen LogP contribution >= 0.6 is 11.3 Å². The van der Waals surface area contributed by atoms with E-state index >= 15 is 0 Å². The van der Waals surface area contributed by atoms with E-state index in [2.05, 4.69) is 24.8 Å². The molecule has 0 N–H and O–H groups in total. The number of carbonyl (C=O) groups is 2. The van der Waals surface area contributed by atoms with Gasteiger partial charge in [0.2, 0.25) is 0 Å². The predicted molar refractivity (Wildman–Crippen MR) is 130 cm³/mol. The molecule has 166 valence electrons. The van der Waals surface area contributed by atoms with Crippen molar-refractivity contribution in [2.45, 2.75) is 38.1 Å². The molecule has 5 rings (SSSR count). The van der Waals surface area contributed by atoms with Crippen molar-refractivity contribution in [2.75, 3.05) is 18.0 Å². The summed E-state index contributed by atoms with van der Waals surface area (Å²) in [7, 11) is 0. The summed E-state index contributed by atoms with van der Waals surface area (Å²) in [6.45, 7) is 3.40. The number of carbonyl (C=O) groups excluding carboxylic acids is 2. The Labute approximate surface area is 198 Å². The minimum Gasteiger partial charge on any atom is -0.332 e. The molecule has 6 heteroatoms. The van der Waals surface area contributed by atoms with Crippen LogP contribution in [-0.2, 0) is 11.2 Å². The highest BCUT2D eigenvalue weighted by molar-refractivity contribution is 7.10. The SMILES string of the molecule is CC1Cc2ccccc2N1C(=O)c1csc(C2CCN(C(=O)C#Cc3ccccc3)CC2)n1. The number of piperidine rings is 1. The van der Waals surface area contributed by atoms with E-state index in [-0.39, 0.29) is 23.8 Å². The lowest BCUT2D eigenvalue weighted by Crippen LogP contribution is -2.37. The number of para-hydroxylation sites is 1. The van der Waals surface area contributed by atoms with E-state index in [0.29, 0.717) is 18.8 Å². The van der Waals surface area contributed by atoms with Crippen LogP contribution < -0.4 is 4.90 Å². The van der Waals surface area contributed by atoms with Crippen LogP contribution in [0.3, 0.4) is 0 Å². The van der Waals surface area contributed by atoms with Crippen molar-refractivity contribution < 1.29 is 9.59 Å². The molecule has 0 aliphatic carbocycles. The van der Waals surface area contributed by atoms with Crippen molar-refractivity contribution >= 4 is 28.8 Å². The largest absolute Gasteiger partial charge is 0.332 e. The highest BCUT2D eigenvalue weighted by Gasteiger charge is 2.33. The number of amides is 2. The van der Waals surface area contributed by atoms with Gasteiger partial charge in [-0.25, -0.2) is 4.98 Å². The van der Waals surface area contributed by atoms with E-state index in [4.69, 9.17) is 4.98 Å². The number of fused-ring (bicyclic) bond motifs is 1. The number of nitrogens with zero attached hydrogens (tertiary/aromatic N) is 3. The van der Waals surface area contributed by atoms with Crippen LogP contribution in [0.2, 0.25) is 0 Å². The maximum Gasteiger partial charge on any atom is 0.298 e. The van der Waals surface area contributed by atoms with Crippen molar-refractivity contribution in [2.24, 2.45) is 0 Å². The van der Waals surface area contributed by atoms with Crippen LogP contribution in [0.25, 0.3) is 0 Å². The standard InChI is InChI=1S/C27H25N3O2S/c1-19-17-22-9-5-6-10-24(22)30(19)27(32)23-18-33-26(28-23)21-13-15-29(16-14-21)25(31)12-11-20-7-3-2-4-8-20/h2-10,18-19,21H,13-17H2,1H3. The van der Waals surface area contributed by atoms with Gasteiger partial charge in [-0.05, 0) is 49.9 Å². The van der Waals surface area contributed by atoms with Gasteiger partial charge in [-0.2, -0.15) is 0 Å². The fourth-order valence-corrected chi connectivity index (χ4v) is 5.59. The van der Waals surface area contributed by atoms with Gasteiger partial charge in [0, 0.05) is 47.6 Å². The maximum absolute atomic E-state index is 13.2. The Morgan fingerprint density at radius 3 is 2.55 bits per heavy atom. The van der Waals surface area contributed by atoms with Crippen molar-refractivity contribution in [1.29, 1.82) is 0 Å². The van der Waals surface area contributed by atoms with Gasteiger partial charge in [-0.1, -0.05) is 42.3 Å². The number of anilines is 1. The first kappa shape index (κ1) is 21.4. The Morgan fingerprint density at radius 2 is 1.76 bits per heavy atom. The van der Waals surface area contributed by atoms with Crippen LogP contribution in [0, 0.1) is 11.8 Å². The quantitative estimate of drug-likeness (QED) is 0.535. The van der Waals surface area contributed by atoms with Gasteiger partial charge in [0.15, 0.2) is 0 Å². The molecule has 3 heterocycles. The molecule has 2 amide bonds. The topological polar surface area (TPSA) is 53.5 Å². The van der Waals surface area contributed by atoms with Gasteiger partial charge in [0.1, 0.15) is 5.69 Å². The zero-order chi connectivity index (χ0) is 22.8. The zero-order valence-corrected chi connectivity index (χ0v) is 19.3. The Bertz CT molecular complexity index is 1230. The van der Waals surface area contributed by atoms with Gasteiger partial charge in [-0.3, -0.25) is 9.59 Å². The van der Waals surface area contributed by atoms with E-state index in [0.717, 1.165) is 35.5 Å². The van der Waals surface area contributed by atoms with Crippen LogP contribution in [0.1, 0.15) is 52.3 Å². The highest BCUT2D eigenvalue weighted by atomic mass is 32.1. The summed E-state index contributed by atoms with van der Waals surface area (Å²) < 4.78 is 0. The van der Waals surface area contributed by atoms with Crippen molar-refractivity contribution in [3.8, 4) is 11.8 Å². The molecule has 1 atom stereocenters. The molecule has 33 heavy (non-hydrogen) atoms. The Balaban J connectivity index is 1.22. The average molecular weight is 456 g/mol. The van der Waals surface area contributed by atoms with Crippen molar-refractivity contribution in [3.63, 3.8) is 0 Å². The summed E-state index contributed by atoms with van der Waals surface area (Å²) in [5, 5.41) is 2.87. The molecule has 2 aliphatic heterocycles. The lowest BCUT2D eigenvalue weighted by Gasteiger charge is -2.29. The number of hydrogen-bond acceptors (Lipinski definition) is 4. The first-order chi connectivity index (χ1) is 16.1. The molecule has 0 spiro atoms. The van der Waals surface area contributed by atoms with E-state index in [9.17, 15) is 9.59 Å². The minimum absolute atomic E-state index is 0.0289. The molecule has 2 aromatic carbocycles. The summed E-state index contributed by atoms with van der Waals surface area (Å²) in [6.07, 6.45) is 2.55. The molecule has 1 fully saturated rings. The molecular formula is C27H25N3O2S. The molecule has 0 bridgehead atoms. The molecule has 1 saturated heterocycles. The highest BCUT2D eigenvalue weighted by Crippen LogP contribution is 2.35. The maximum atomic E-state index is 13.2. The first-order valence-electron chi connectivity index (χ1n) is 11.3. The fraction of sp³-hybridized carbons (Fsp3) is 0.296. The third-order valence-electron chi connectivity index (χ3n) is 6.39. The monoisotopic (exact) mass is 455 g/mol. The van der Waals surface area contributed by atoms with Crippen LogP contribution in [-0.4, -0.2) is 40.8 Å². The van der Waals surface area contributed by atoms with Gasteiger partial charge in [-0.15, -0.1) is 11.3 Å². The third kappa shape index (κ3) is 4.42. The molecule has 0 saturated carbocycles. The second-order valence-electron chi connectivity index (χ2n) is 8.61. The first-order valence-corrected chi connectivity index (χ1v) is 12.2. The summed E-state index contributed by atoms with van der Waals surface area (Å²) >= 11 is 1.55. The smallest absolute Gasteiger partial charge is 0.298 e. The zero-order valence-electron chi connectivity index (χ0n) is 18.5. The molecule has 5 nitrogen and oxygen atoms in total. The van der Waals surface area contributed by atoms with Crippen LogP contribution in [0.5, 0.6) is 0 Å². The lowest BCUT2D eigenvalue weighted by atomic mass is 9.97. The van der Waals surface area contributed by atoms with Gasteiger partial charge in [0.25, 0.3) is 11.8 Å². The average Bonchev–Trinajstić information content (AvgIpc) is 3.47.